The van der Waals surface area contributed by atoms with E-state index in [1.807, 2.05) is 0 Å². The molecule has 2 saturated heterocycles. The zero-order valence-corrected chi connectivity index (χ0v) is 17.9. The summed E-state index contributed by atoms with van der Waals surface area (Å²) in [4.78, 5) is 10.6. The maximum Gasteiger partial charge on any atom is 0.235 e. The molecule has 0 saturated carbocycles. The summed E-state index contributed by atoms with van der Waals surface area (Å²) in [7, 11) is -3.67. The quantitative estimate of drug-likeness (QED) is 0.720. The number of hydrogen-bond acceptors (Lipinski definition) is 7. The molecule has 2 aromatic rings. The van der Waals surface area contributed by atoms with Crippen LogP contribution in [0.2, 0.25) is 0 Å². The van der Waals surface area contributed by atoms with Crippen LogP contribution in [0.3, 0.4) is 0 Å². The van der Waals surface area contributed by atoms with Crippen molar-refractivity contribution in [1.29, 1.82) is 0 Å². The average molecular weight is 436 g/mol. The van der Waals surface area contributed by atoms with Crippen molar-refractivity contribution in [1.82, 2.24) is 15.3 Å². The van der Waals surface area contributed by atoms with E-state index in [1.54, 1.807) is 20.0 Å². The molecule has 0 atom stereocenters. The van der Waals surface area contributed by atoms with Crippen molar-refractivity contribution >= 4 is 21.5 Å². The van der Waals surface area contributed by atoms with Crippen LogP contribution in [-0.4, -0.2) is 49.8 Å². The Kier molecular flexibility index (Phi) is 5.54. The Hall–Kier alpha value is -2.46. The summed E-state index contributed by atoms with van der Waals surface area (Å²) in [5, 5.41) is 2.71. The van der Waals surface area contributed by atoms with Crippen molar-refractivity contribution in [3.8, 4) is 11.5 Å². The maximum absolute atomic E-state index is 13.8. The van der Waals surface area contributed by atoms with Gasteiger partial charge in [0.1, 0.15) is 12.1 Å². The minimum Gasteiger partial charge on any atom is -0.450 e. The van der Waals surface area contributed by atoms with Crippen molar-refractivity contribution in [2.24, 2.45) is 5.41 Å². The molecule has 30 heavy (non-hydrogen) atoms. The summed E-state index contributed by atoms with van der Waals surface area (Å²) in [6, 6.07) is 3.72. The normalized spacial score (nSPS) is 18.3. The van der Waals surface area contributed by atoms with Gasteiger partial charge in [-0.3, -0.25) is 4.72 Å². The molecule has 0 radical (unpaired) electrons. The first-order chi connectivity index (χ1) is 14.3. The van der Waals surface area contributed by atoms with Gasteiger partial charge in [-0.1, -0.05) is 0 Å². The summed E-state index contributed by atoms with van der Waals surface area (Å²) in [5.74, 6) is 0.673. The van der Waals surface area contributed by atoms with E-state index in [9.17, 15) is 12.8 Å². The molecule has 2 N–H and O–H groups in total. The van der Waals surface area contributed by atoms with Crippen molar-refractivity contribution in [3.05, 3.63) is 36.5 Å². The fraction of sp³-hybridized carbons (Fsp3) is 0.500. The van der Waals surface area contributed by atoms with E-state index in [0.29, 0.717) is 17.0 Å². The molecule has 2 fully saturated rings. The molecule has 1 aromatic heterocycles. The van der Waals surface area contributed by atoms with E-state index in [1.165, 1.54) is 18.5 Å². The van der Waals surface area contributed by atoms with E-state index in [4.69, 9.17) is 4.74 Å². The lowest BCUT2D eigenvalue weighted by molar-refractivity contribution is 0.148. The molecule has 8 nitrogen and oxygen atoms in total. The number of halogens is 1. The molecule has 4 rings (SSSR count). The van der Waals surface area contributed by atoms with E-state index in [0.717, 1.165) is 45.1 Å². The molecule has 2 aliphatic heterocycles. The molecule has 3 heterocycles. The van der Waals surface area contributed by atoms with Gasteiger partial charge in [-0.15, -0.1) is 0 Å². The number of nitrogens with one attached hydrogen (secondary N) is 2. The maximum atomic E-state index is 13.8. The number of ether oxygens (including phenoxy) is 1. The van der Waals surface area contributed by atoms with Gasteiger partial charge in [0.25, 0.3) is 0 Å². The molecule has 10 heteroatoms. The van der Waals surface area contributed by atoms with Gasteiger partial charge in [-0.05, 0) is 51.9 Å². The number of benzene rings is 1. The van der Waals surface area contributed by atoms with E-state index < -0.39 is 21.1 Å². The van der Waals surface area contributed by atoms with Gasteiger partial charge >= 0.3 is 0 Å². The van der Waals surface area contributed by atoms with Gasteiger partial charge in [-0.25, -0.2) is 22.8 Å². The lowest BCUT2D eigenvalue weighted by Gasteiger charge is -2.53. The van der Waals surface area contributed by atoms with Crippen LogP contribution in [-0.2, 0) is 10.0 Å². The highest BCUT2D eigenvalue weighted by molar-refractivity contribution is 7.93. The molecular weight excluding hydrogens is 409 g/mol. The molecule has 2 aliphatic rings. The second-order valence-corrected chi connectivity index (χ2v) is 10.5. The molecule has 1 aromatic carbocycles. The van der Waals surface area contributed by atoms with Gasteiger partial charge in [0, 0.05) is 24.6 Å². The van der Waals surface area contributed by atoms with Gasteiger partial charge in [0.2, 0.25) is 10.0 Å². The topological polar surface area (TPSA) is 96.5 Å². The van der Waals surface area contributed by atoms with Crippen molar-refractivity contribution in [3.63, 3.8) is 0 Å². The monoisotopic (exact) mass is 435 g/mol. The minimum atomic E-state index is -3.67. The molecule has 0 bridgehead atoms. The Labute approximate surface area is 175 Å². The predicted molar refractivity (Wildman–Crippen MR) is 113 cm³/mol. The molecular formula is C20H26FN5O3S. The molecule has 1 spiro atoms. The highest BCUT2D eigenvalue weighted by atomic mass is 32.2. The Balaban J connectivity index is 1.57. The fourth-order valence-corrected chi connectivity index (χ4v) is 4.57. The number of aromatic nitrogens is 2. The van der Waals surface area contributed by atoms with Crippen molar-refractivity contribution in [2.45, 2.75) is 31.9 Å². The first kappa shape index (κ1) is 20.8. The smallest absolute Gasteiger partial charge is 0.235 e. The number of anilines is 2. The van der Waals surface area contributed by atoms with Crippen LogP contribution in [0.1, 0.15) is 26.7 Å². The summed E-state index contributed by atoms with van der Waals surface area (Å²) in [6.45, 7) is 6.92. The van der Waals surface area contributed by atoms with Crippen LogP contribution < -0.4 is 19.7 Å². The third kappa shape index (κ3) is 4.20. The van der Waals surface area contributed by atoms with E-state index >= 15 is 0 Å². The predicted octanol–water partition coefficient (Wildman–Crippen LogP) is 2.75. The highest BCUT2D eigenvalue weighted by Gasteiger charge is 2.44. The Morgan fingerprint density at radius 2 is 1.97 bits per heavy atom. The van der Waals surface area contributed by atoms with Gasteiger partial charge in [-0.2, -0.15) is 0 Å². The number of piperidine rings is 1. The Morgan fingerprint density at radius 3 is 2.67 bits per heavy atom. The second-order valence-electron chi connectivity index (χ2n) is 8.26. The van der Waals surface area contributed by atoms with Crippen molar-refractivity contribution < 1.29 is 17.5 Å². The van der Waals surface area contributed by atoms with Gasteiger partial charge in [0.05, 0.1) is 17.1 Å². The standard InChI is InChI=1S/C20H26FN5O3S/c1-14(2)30(27,28)25-16-9-15(21)3-4-17(16)29-18-10-23-13-24-19(18)26-11-20(12-26)5-7-22-8-6-20/h3-4,9-10,13-14,22,25H,5-8,11-12H2,1-2H3. The molecule has 0 unspecified atom stereocenters. The van der Waals surface area contributed by atoms with Crippen LogP contribution in [0.5, 0.6) is 11.5 Å². The van der Waals surface area contributed by atoms with E-state index in [-0.39, 0.29) is 11.4 Å². The third-order valence-electron chi connectivity index (χ3n) is 5.71. The average Bonchev–Trinajstić information content (AvgIpc) is 2.69. The highest BCUT2D eigenvalue weighted by Crippen LogP contribution is 2.44. The first-order valence-corrected chi connectivity index (χ1v) is 11.6. The van der Waals surface area contributed by atoms with Gasteiger partial charge < -0.3 is 15.0 Å². The number of hydrogen-bond donors (Lipinski definition) is 2. The molecule has 0 amide bonds. The summed E-state index contributed by atoms with van der Waals surface area (Å²) in [6.07, 6.45) is 5.26. The number of sulfonamides is 1. The lowest BCUT2D eigenvalue weighted by atomic mass is 9.72. The zero-order valence-electron chi connectivity index (χ0n) is 17.1. The molecule has 0 aliphatic carbocycles. The number of rotatable bonds is 6. The van der Waals surface area contributed by atoms with Crippen LogP contribution in [0.25, 0.3) is 0 Å². The SMILES string of the molecule is CC(C)S(=O)(=O)Nc1cc(F)ccc1Oc1cncnc1N1CC2(CCNCC2)C1. The summed E-state index contributed by atoms with van der Waals surface area (Å²) >= 11 is 0. The Bertz CT molecular complexity index is 1020. The first-order valence-electron chi connectivity index (χ1n) is 10.0. The summed E-state index contributed by atoms with van der Waals surface area (Å²) in [5.41, 5.74) is 0.346. The van der Waals surface area contributed by atoms with Crippen molar-refractivity contribution in [2.75, 3.05) is 35.8 Å². The van der Waals surface area contributed by atoms with Crippen LogP contribution in [0, 0.1) is 11.2 Å². The second kappa shape index (κ2) is 7.99. The van der Waals surface area contributed by atoms with E-state index in [2.05, 4.69) is 24.9 Å². The van der Waals surface area contributed by atoms with Gasteiger partial charge in [0.15, 0.2) is 17.3 Å². The number of nitrogens with zero attached hydrogens (tertiary/aromatic N) is 3. The Morgan fingerprint density at radius 1 is 1.23 bits per heavy atom. The third-order valence-corrected chi connectivity index (χ3v) is 7.46. The van der Waals surface area contributed by atoms with Crippen LogP contribution >= 0.6 is 0 Å². The van der Waals surface area contributed by atoms with Crippen LogP contribution in [0.4, 0.5) is 15.9 Å². The van der Waals surface area contributed by atoms with Crippen LogP contribution in [0.15, 0.2) is 30.7 Å². The molecule has 162 valence electrons. The minimum absolute atomic E-state index is 0.0388. The lowest BCUT2D eigenvalue weighted by Crippen LogP contribution is -2.60. The largest absolute Gasteiger partial charge is 0.450 e. The summed E-state index contributed by atoms with van der Waals surface area (Å²) < 4.78 is 46.8. The fourth-order valence-electron chi connectivity index (χ4n) is 3.87. The zero-order chi connectivity index (χ0) is 21.4.